The molecular formula is C18H27NO3. The molecule has 1 aliphatic rings. The molecule has 2 unspecified atom stereocenters. The molecule has 22 heavy (non-hydrogen) atoms. The van der Waals surface area contributed by atoms with Gasteiger partial charge in [0.1, 0.15) is 5.75 Å². The number of nitrogens with one attached hydrogen (secondary N) is 1. The number of methoxy groups -OCH3 is 1. The van der Waals surface area contributed by atoms with Crippen LogP contribution in [-0.2, 0) is 4.79 Å². The maximum absolute atomic E-state index is 12.2. The maximum atomic E-state index is 12.2. The van der Waals surface area contributed by atoms with Gasteiger partial charge in [0.2, 0.25) is 5.91 Å². The average Bonchev–Trinajstić information content (AvgIpc) is 3.32. The highest BCUT2D eigenvalue weighted by molar-refractivity contribution is 5.83. The van der Waals surface area contributed by atoms with Crippen molar-refractivity contribution in [3.05, 3.63) is 29.8 Å². The average molecular weight is 305 g/mol. The van der Waals surface area contributed by atoms with Crippen molar-refractivity contribution in [1.82, 2.24) is 5.32 Å². The molecule has 1 amide bonds. The predicted molar refractivity (Wildman–Crippen MR) is 87.0 cm³/mol. The van der Waals surface area contributed by atoms with E-state index in [2.05, 4.69) is 5.32 Å². The standard InChI is InChI=1S/C18H27NO3/c1-18(2,12-20)9-6-10-19-17(21)15-11-14(15)13-7-4-5-8-16(13)22-3/h4-5,7-8,14-15,20H,6,9-12H2,1-3H3,(H,19,21). The van der Waals surface area contributed by atoms with Crippen molar-refractivity contribution in [3.63, 3.8) is 0 Å². The van der Waals surface area contributed by atoms with Crippen molar-refractivity contribution in [3.8, 4) is 5.75 Å². The summed E-state index contributed by atoms with van der Waals surface area (Å²) in [6, 6.07) is 7.92. The predicted octanol–water partition coefficient (Wildman–Crippen LogP) is 2.71. The Morgan fingerprint density at radius 1 is 1.41 bits per heavy atom. The number of aliphatic hydroxyl groups is 1. The van der Waals surface area contributed by atoms with Crippen LogP contribution in [0.2, 0.25) is 0 Å². The van der Waals surface area contributed by atoms with Gasteiger partial charge in [-0.25, -0.2) is 0 Å². The summed E-state index contributed by atoms with van der Waals surface area (Å²) in [5, 5.41) is 12.2. The smallest absolute Gasteiger partial charge is 0.223 e. The first-order chi connectivity index (χ1) is 10.5. The molecule has 1 aliphatic carbocycles. The van der Waals surface area contributed by atoms with E-state index < -0.39 is 0 Å². The van der Waals surface area contributed by atoms with Crippen molar-refractivity contribution in [2.24, 2.45) is 11.3 Å². The van der Waals surface area contributed by atoms with Gasteiger partial charge in [-0.2, -0.15) is 0 Å². The maximum Gasteiger partial charge on any atom is 0.223 e. The van der Waals surface area contributed by atoms with Gasteiger partial charge in [-0.3, -0.25) is 4.79 Å². The summed E-state index contributed by atoms with van der Waals surface area (Å²) in [5.41, 5.74) is 1.07. The molecule has 4 nitrogen and oxygen atoms in total. The quantitative estimate of drug-likeness (QED) is 0.726. The normalized spacial score (nSPS) is 20.5. The van der Waals surface area contributed by atoms with Crippen molar-refractivity contribution < 1.29 is 14.6 Å². The van der Waals surface area contributed by atoms with E-state index in [0.717, 1.165) is 30.6 Å². The topological polar surface area (TPSA) is 58.6 Å². The highest BCUT2D eigenvalue weighted by atomic mass is 16.5. The van der Waals surface area contributed by atoms with Crippen LogP contribution in [0.15, 0.2) is 24.3 Å². The molecule has 4 heteroatoms. The molecule has 0 radical (unpaired) electrons. The molecule has 0 saturated heterocycles. The summed E-state index contributed by atoms with van der Waals surface area (Å²) < 4.78 is 5.37. The fourth-order valence-electron chi connectivity index (χ4n) is 2.79. The Kier molecular flexibility index (Phi) is 5.46. The summed E-state index contributed by atoms with van der Waals surface area (Å²) in [6.45, 7) is 4.93. The molecule has 0 spiro atoms. The minimum absolute atomic E-state index is 0.0652. The van der Waals surface area contributed by atoms with Crippen molar-refractivity contribution in [2.45, 2.75) is 39.0 Å². The van der Waals surface area contributed by atoms with E-state index in [0.29, 0.717) is 6.54 Å². The van der Waals surface area contributed by atoms with E-state index in [-0.39, 0.29) is 29.8 Å². The first kappa shape index (κ1) is 16.8. The second-order valence-electron chi connectivity index (χ2n) is 6.91. The summed E-state index contributed by atoms with van der Waals surface area (Å²) >= 11 is 0. The highest BCUT2D eigenvalue weighted by Gasteiger charge is 2.45. The first-order valence-electron chi connectivity index (χ1n) is 8.00. The van der Waals surface area contributed by atoms with Crippen LogP contribution in [0.25, 0.3) is 0 Å². The monoisotopic (exact) mass is 305 g/mol. The summed E-state index contributed by atoms with van der Waals surface area (Å²) in [6.07, 6.45) is 2.70. The van der Waals surface area contributed by atoms with Crippen molar-refractivity contribution in [1.29, 1.82) is 0 Å². The van der Waals surface area contributed by atoms with Crippen LogP contribution in [0.5, 0.6) is 5.75 Å². The molecular weight excluding hydrogens is 278 g/mol. The molecule has 0 heterocycles. The molecule has 0 aliphatic heterocycles. The molecule has 0 aromatic heterocycles. The highest BCUT2D eigenvalue weighted by Crippen LogP contribution is 2.50. The lowest BCUT2D eigenvalue weighted by Gasteiger charge is -2.21. The molecule has 122 valence electrons. The fraction of sp³-hybridized carbons (Fsp3) is 0.611. The number of hydrogen-bond donors (Lipinski definition) is 2. The van der Waals surface area contributed by atoms with E-state index in [1.807, 2.05) is 38.1 Å². The molecule has 1 aromatic rings. The van der Waals surface area contributed by atoms with Crippen LogP contribution >= 0.6 is 0 Å². The minimum atomic E-state index is -0.0652. The lowest BCUT2D eigenvalue weighted by atomic mass is 9.89. The Bertz CT molecular complexity index is 513. The number of para-hydroxylation sites is 1. The number of rotatable bonds is 8. The summed E-state index contributed by atoms with van der Waals surface area (Å²) in [4.78, 5) is 12.2. The Morgan fingerprint density at radius 2 is 2.14 bits per heavy atom. The van der Waals surface area contributed by atoms with Crippen molar-refractivity contribution in [2.75, 3.05) is 20.3 Å². The molecule has 1 fully saturated rings. The zero-order chi connectivity index (χ0) is 16.2. The van der Waals surface area contributed by atoms with Gasteiger partial charge in [0.15, 0.2) is 0 Å². The third kappa shape index (κ3) is 4.23. The Morgan fingerprint density at radius 3 is 2.82 bits per heavy atom. The van der Waals surface area contributed by atoms with E-state index in [1.54, 1.807) is 7.11 Å². The SMILES string of the molecule is COc1ccccc1C1CC1C(=O)NCCCC(C)(C)CO. The Hall–Kier alpha value is -1.55. The summed E-state index contributed by atoms with van der Waals surface area (Å²) in [5.74, 6) is 1.36. The summed E-state index contributed by atoms with van der Waals surface area (Å²) in [7, 11) is 1.67. The van der Waals surface area contributed by atoms with Crippen LogP contribution in [0.4, 0.5) is 0 Å². The lowest BCUT2D eigenvalue weighted by molar-refractivity contribution is -0.122. The van der Waals surface area contributed by atoms with E-state index in [1.165, 1.54) is 0 Å². The second-order valence-corrected chi connectivity index (χ2v) is 6.91. The molecule has 2 N–H and O–H groups in total. The van der Waals surface area contributed by atoms with Gasteiger partial charge < -0.3 is 15.2 Å². The van der Waals surface area contributed by atoms with Gasteiger partial charge >= 0.3 is 0 Å². The van der Waals surface area contributed by atoms with Gasteiger partial charge in [-0.1, -0.05) is 32.0 Å². The third-order valence-corrected chi connectivity index (χ3v) is 4.42. The number of carbonyl (C=O) groups excluding carboxylic acids is 1. The second kappa shape index (κ2) is 7.14. The van der Waals surface area contributed by atoms with E-state index in [4.69, 9.17) is 4.74 Å². The first-order valence-corrected chi connectivity index (χ1v) is 8.00. The fourth-order valence-corrected chi connectivity index (χ4v) is 2.79. The van der Waals surface area contributed by atoms with Crippen molar-refractivity contribution >= 4 is 5.91 Å². The Labute approximate surface area is 132 Å². The number of hydrogen-bond acceptors (Lipinski definition) is 3. The minimum Gasteiger partial charge on any atom is -0.496 e. The molecule has 2 rings (SSSR count). The van der Waals surface area contributed by atoms with Crippen LogP contribution < -0.4 is 10.1 Å². The van der Waals surface area contributed by atoms with Gasteiger partial charge in [0, 0.05) is 19.1 Å². The van der Waals surface area contributed by atoms with Crippen LogP contribution in [0, 0.1) is 11.3 Å². The van der Waals surface area contributed by atoms with Crippen LogP contribution in [-0.4, -0.2) is 31.3 Å². The zero-order valence-electron chi connectivity index (χ0n) is 13.8. The molecule has 0 bridgehead atoms. The van der Waals surface area contributed by atoms with Crippen LogP contribution in [0.1, 0.15) is 44.6 Å². The largest absolute Gasteiger partial charge is 0.496 e. The zero-order valence-corrected chi connectivity index (χ0v) is 13.8. The Balaban J connectivity index is 1.77. The number of carbonyl (C=O) groups is 1. The molecule has 1 saturated carbocycles. The van der Waals surface area contributed by atoms with Crippen LogP contribution in [0.3, 0.4) is 0 Å². The number of ether oxygens (including phenoxy) is 1. The molecule has 1 aromatic carbocycles. The van der Waals surface area contributed by atoms with Gasteiger partial charge in [-0.15, -0.1) is 0 Å². The van der Waals surface area contributed by atoms with E-state index >= 15 is 0 Å². The number of benzene rings is 1. The third-order valence-electron chi connectivity index (χ3n) is 4.42. The lowest BCUT2D eigenvalue weighted by Crippen LogP contribution is -2.28. The number of aliphatic hydroxyl groups excluding tert-OH is 1. The van der Waals surface area contributed by atoms with E-state index in [9.17, 15) is 9.90 Å². The van der Waals surface area contributed by atoms with Gasteiger partial charge in [-0.05, 0) is 42.2 Å². The van der Waals surface area contributed by atoms with Gasteiger partial charge in [0.05, 0.1) is 7.11 Å². The number of amides is 1. The molecule has 2 atom stereocenters. The van der Waals surface area contributed by atoms with Gasteiger partial charge in [0.25, 0.3) is 0 Å².